The summed E-state index contributed by atoms with van der Waals surface area (Å²) >= 11 is 5.95. The van der Waals surface area contributed by atoms with E-state index in [1.165, 1.54) is 6.07 Å². The highest BCUT2D eigenvalue weighted by Gasteiger charge is 2.09. The lowest BCUT2D eigenvalue weighted by Crippen LogP contribution is -1.93. The summed E-state index contributed by atoms with van der Waals surface area (Å²) in [6, 6.07) is 3.21. The van der Waals surface area contributed by atoms with Crippen LogP contribution < -0.4 is 0 Å². The summed E-state index contributed by atoms with van der Waals surface area (Å²) in [5.74, 6) is 0.112. The minimum atomic E-state index is -0.232. The van der Waals surface area contributed by atoms with Gasteiger partial charge in [-0.15, -0.1) is 0 Å². The monoisotopic (exact) mass is 186 g/mol. The quantitative estimate of drug-likeness (QED) is 0.624. The van der Waals surface area contributed by atoms with E-state index >= 15 is 0 Å². The standard InChI is InChI=1S/C10H12ClF/c1-6(2)8-4-5-9(12)7(3)10(8)11/h4-6H,1-3H3. The van der Waals surface area contributed by atoms with Crippen molar-refractivity contribution in [2.24, 2.45) is 0 Å². The van der Waals surface area contributed by atoms with Crippen molar-refractivity contribution in [2.45, 2.75) is 26.7 Å². The lowest BCUT2D eigenvalue weighted by Gasteiger charge is -2.10. The molecule has 0 aliphatic rings. The molecule has 0 aliphatic heterocycles. The summed E-state index contributed by atoms with van der Waals surface area (Å²) in [5, 5.41) is 0.560. The van der Waals surface area contributed by atoms with Crippen molar-refractivity contribution in [3.8, 4) is 0 Å². The molecule has 0 fully saturated rings. The summed E-state index contributed by atoms with van der Waals surface area (Å²) < 4.78 is 12.9. The smallest absolute Gasteiger partial charge is 0.127 e. The maximum atomic E-state index is 12.9. The zero-order chi connectivity index (χ0) is 9.30. The van der Waals surface area contributed by atoms with Crippen molar-refractivity contribution in [3.63, 3.8) is 0 Å². The predicted octanol–water partition coefficient (Wildman–Crippen LogP) is 3.91. The second kappa shape index (κ2) is 3.44. The van der Waals surface area contributed by atoms with E-state index in [9.17, 15) is 4.39 Å². The van der Waals surface area contributed by atoms with E-state index in [2.05, 4.69) is 0 Å². The van der Waals surface area contributed by atoms with E-state index in [0.717, 1.165) is 5.56 Å². The van der Waals surface area contributed by atoms with Gasteiger partial charge in [0.05, 0.1) is 0 Å². The van der Waals surface area contributed by atoms with Crippen LogP contribution in [0.2, 0.25) is 5.02 Å². The third-order valence-corrected chi connectivity index (χ3v) is 2.47. The lowest BCUT2D eigenvalue weighted by molar-refractivity contribution is 0.617. The third kappa shape index (κ3) is 1.61. The Morgan fingerprint density at radius 2 is 1.92 bits per heavy atom. The van der Waals surface area contributed by atoms with Gasteiger partial charge in [0, 0.05) is 10.6 Å². The van der Waals surface area contributed by atoms with Crippen molar-refractivity contribution in [1.82, 2.24) is 0 Å². The molecule has 12 heavy (non-hydrogen) atoms. The van der Waals surface area contributed by atoms with Crippen LogP contribution in [0.4, 0.5) is 4.39 Å². The lowest BCUT2D eigenvalue weighted by atomic mass is 10.0. The van der Waals surface area contributed by atoms with Gasteiger partial charge in [0.2, 0.25) is 0 Å². The molecule has 1 rings (SSSR count). The molecule has 0 saturated carbocycles. The fourth-order valence-corrected chi connectivity index (χ4v) is 1.50. The van der Waals surface area contributed by atoms with Gasteiger partial charge in [0.25, 0.3) is 0 Å². The molecule has 0 radical (unpaired) electrons. The molecule has 1 aromatic rings. The number of hydrogen-bond acceptors (Lipinski definition) is 0. The highest BCUT2D eigenvalue weighted by atomic mass is 35.5. The zero-order valence-corrected chi connectivity index (χ0v) is 8.24. The first kappa shape index (κ1) is 9.53. The number of rotatable bonds is 1. The Morgan fingerprint density at radius 1 is 1.33 bits per heavy atom. The van der Waals surface area contributed by atoms with Crippen molar-refractivity contribution in [3.05, 3.63) is 34.1 Å². The van der Waals surface area contributed by atoms with Gasteiger partial charge in [-0.05, 0) is 24.5 Å². The fraction of sp³-hybridized carbons (Fsp3) is 0.400. The van der Waals surface area contributed by atoms with Crippen LogP contribution in [0.25, 0.3) is 0 Å². The van der Waals surface area contributed by atoms with E-state index < -0.39 is 0 Å². The fourth-order valence-electron chi connectivity index (χ4n) is 1.13. The van der Waals surface area contributed by atoms with Gasteiger partial charge in [-0.3, -0.25) is 0 Å². The SMILES string of the molecule is Cc1c(F)ccc(C(C)C)c1Cl. The second-order valence-corrected chi connectivity index (χ2v) is 3.61. The van der Waals surface area contributed by atoms with E-state index in [1.54, 1.807) is 13.0 Å². The van der Waals surface area contributed by atoms with Crippen molar-refractivity contribution < 1.29 is 4.39 Å². The molecule has 0 aliphatic carbocycles. The van der Waals surface area contributed by atoms with E-state index in [1.807, 2.05) is 13.8 Å². The molecular formula is C10H12ClF. The first-order valence-electron chi connectivity index (χ1n) is 3.98. The normalized spacial score (nSPS) is 10.8. The van der Waals surface area contributed by atoms with Crippen LogP contribution in [0.1, 0.15) is 30.9 Å². The van der Waals surface area contributed by atoms with Gasteiger partial charge >= 0.3 is 0 Å². The first-order valence-corrected chi connectivity index (χ1v) is 4.36. The average molecular weight is 187 g/mol. The molecule has 0 saturated heterocycles. The molecule has 0 bridgehead atoms. The van der Waals surface area contributed by atoms with Gasteiger partial charge in [0.1, 0.15) is 5.82 Å². The Kier molecular flexibility index (Phi) is 2.73. The predicted molar refractivity (Wildman–Crippen MR) is 50.2 cm³/mol. The molecule has 0 spiro atoms. The van der Waals surface area contributed by atoms with Crippen LogP contribution in [-0.4, -0.2) is 0 Å². The van der Waals surface area contributed by atoms with E-state index in [0.29, 0.717) is 16.5 Å². The molecular weight excluding hydrogens is 175 g/mol. The van der Waals surface area contributed by atoms with E-state index in [-0.39, 0.29) is 5.82 Å². The molecule has 66 valence electrons. The largest absolute Gasteiger partial charge is 0.207 e. The molecule has 0 amide bonds. The molecule has 1 aromatic carbocycles. The molecule has 0 aromatic heterocycles. The van der Waals surface area contributed by atoms with E-state index in [4.69, 9.17) is 11.6 Å². The number of halogens is 2. The van der Waals surface area contributed by atoms with Crippen molar-refractivity contribution >= 4 is 11.6 Å². The summed E-state index contributed by atoms with van der Waals surface area (Å²) in [5.41, 5.74) is 1.55. The van der Waals surface area contributed by atoms with Crippen LogP contribution >= 0.6 is 11.6 Å². The van der Waals surface area contributed by atoms with Crippen LogP contribution in [0, 0.1) is 12.7 Å². The summed E-state index contributed by atoms with van der Waals surface area (Å²) in [4.78, 5) is 0. The van der Waals surface area contributed by atoms with Gasteiger partial charge in [0.15, 0.2) is 0 Å². The van der Waals surface area contributed by atoms with Gasteiger partial charge in [-0.2, -0.15) is 0 Å². The van der Waals surface area contributed by atoms with Crippen molar-refractivity contribution in [2.75, 3.05) is 0 Å². The van der Waals surface area contributed by atoms with Crippen LogP contribution in [0.15, 0.2) is 12.1 Å². The number of hydrogen-bond donors (Lipinski definition) is 0. The summed E-state index contributed by atoms with van der Waals surface area (Å²) in [6.45, 7) is 5.78. The Hall–Kier alpha value is -0.560. The molecule has 2 heteroatoms. The average Bonchev–Trinajstić information content (AvgIpc) is 2.00. The van der Waals surface area contributed by atoms with Crippen molar-refractivity contribution in [1.29, 1.82) is 0 Å². The Bertz CT molecular complexity index is 292. The molecule has 0 nitrogen and oxygen atoms in total. The Labute approximate surface area is 77.4 Å². The third-order valence-electron chi connectivity index (χ3n) is 1.97. The zero-order valence-electron chi connectivity index (χ0n) is 7.49. The minimum Gasteiger partial charge on any atom is -0.207 e. The summed E-state index contributed by atoms with van der Waals surface area (Å²) in [7, 11) is 0. The summed E-state index contributed by atoms with van der Waals surface area (Å²) in [6.07, 6.45) is 0. The molecule has 0 N–H and O–H groups in total. The van der Waals surface area contributed by atoms with Crippen LogP contribution in [-0.2, 0) is 0 Å². The Morgan fingerprint density at radius 3 is 2.42 bits per heavy atom. The van der Waals surface area contributed by atoms with Crippen LogP contribution in [0.3, 0.4) is 0 Å². The highest BCUT2D eigenvalue weighted by Crippen LogP contribution is 2.28. The minimum absolute atomic E-state index is 0.232. The first-order chi connectivity index (χ1) is 5.54. The maximum absolute atomic E-state index is 12.9. The molecule has 0 heterocycles. The van der Waals surface area contributed by atoms with Crippen LogP contribution in [0.5, 0.6) is 0 Å². The number of benzene rings is 1. The highest BCUT2D eigenvalue weighted by molar-refractivity contribution is 6.32. The molecule has 0 unspecified atom stereocenters. The Balaban J connectivity index is 3.27. The molecule has 0 atom stereocenters. The maximum Gasteiger partial charge on any atom is 0.127 e. The van der Waals surface area contributed by atoms with Gasteiger partial charge in [-0.25, -0.2) is 4.39 Å². The second-order valence-electron chi connectivity index (χ2n) is 3.23. The topological polar surface area (TPSA) is 0 Å². The van der Waals surface area contributed by atoms with Gasteiger partial charge < -0.3 is 0 Å². The van der Waals surface area contributed by atoms with Gasteiger partial charge in [-0.1, -0.05) is 31.5 Å².